The summed E-state index contributed by atoms with van der Waals surface area (Å²) in [5.41, 5.74) is 0.554. The van der Waals surface area contributed by atoms with Crippen LogP contribution in [0.4, 0.5) is 0 Å². The van der Waals surface area contributed by atoms with E-state index >= 15 is 0 Å². The molecule has 3 atom stereocenters. The Hall–Kier alpha value is -2.83. The maximum absolute atomic E-state index is 13.3. The topological polar surface area (TPSA) is 99.1 Å². The van der Waals surface area contributed by atoms with Gasteiger partial charge in [0.15, 0.2) is 11.5 Å². The number of fused-ring (bicyclic) bond motifs is 2. The number of carboxylic acid groups (broad SMARTS) is 1. The van der Waals surface area contributed by atoms with E-state index in [2.05, 4.69) is 0 Å². The van der Waals surface area contributed by atoms with Crippen molar-refractivity contribution in [3.8, 4) is 17.2 Å². The van der Waals surface area contributed by atoms with Crippen molar-refractivity contribution in [3.63, 3.8) is 0 Å². The van der Waals surface area contributed by atoms with Gasteiger partial charge in [0.05, 0.1) is 17.9 Å². The molecule has 0 bridgehead atoms. The summed E-state index contributed by atoms with van der Waals surface area (Å²) in [4.78, 5) is 36.9. The number of ether oxygens (including phenoxy) is 3. The number of ketones is 1. The number of carboxylic acids is 1. The predicted molar refractivity (Wildman–Crippen MR) is 115 cm³/mol. The van der Waals surface area contributed by atoms with E-state index in [-0.39, 0.29) is 29.3 Å². The molecule has 0 aromatic heterocycles. The van der Waals surface area contributed by atoms with Crippen LogP contribution in [0.3, 0.4) is 0 Å². The third-order valence-corrected chi connectivity index (χ3v) is 5.83. The van der Waals surface area contributed by atoms with Gasteiger partial charge in [-0.1, -0.05) is 20.3 Å². The molecule has 2 aliphatic rings. The number of Topliss-reactive ketones (excluding diaryl/α,β-unsaturated/α-hetero) is 1. The SMILES string of the molecule is CCC[C@H](CC(=O)O)c1c2c(c(OC(C)=O)c3c1O[C@@H](C)[C@H](C)C3=O)C=CC(C)(C)O2. The smallest absolute Gasteiger partial charge is 0.308 e. The number of esters is 1. The second kappa shape index (κ2) is 8.36. The van der Waals surface area contributed by atoms with Crippen LogP contribution in [-0.2, 0) is 9.59 Å². The van der Waals surface area contributed by atoms with Gasteiger partial charge < -0.3 is 19.3 Å². The molecule has 0 saturated heterocycles. The number of hydrogen-bond donors (Lipinski definition) is 1. The van der Waals surface area contributed by atoms with Crippen LogP contribution < -0.4 is 14.2 Å². The normalized spacial score (nSPS) is 21.9. The van der Waals surface area contributed by atoms with Crippen LogP contribution in [0.15, 0.2) is 6.08 Å². The highest BCUT2D eigenvalue weighted by Crippen LogP contribution is 2.54. The lowest BCUT2D eigenvalue weighted by molar-refractivity contribution is -0.137. The lowest BCUT2D eigenvalue weighted by atomic mass is 9.81. The summed E-state index contributed by atoms with van der Waals surface area (Å²) in [7, 11) is 0. The van der Waals surface area contributed by atoms with Crippen LogP contribution in [0.1, 0.15) is 88.2 Å². The van der Waals surface area contributed by atoms with E-state index in [1.54, 1.807) is 19.9 Å². The van der Waals surface area contributed by atoms with E-state index in [9.17, 15) is 19.5 Å². The summed E-state index contributed by atoms with van der Waals surface area (Å²) in [5.74, 6) is -1.77. The monoisotopic (exact) mass is 430 g/mol. The molecule has 0 fully saturated rings. The van der Waals surface area contributed by atoms with Crippen LogP contribution in [0, 0.1) is 5.92 Å². The fourth-order valence-electron chi connectivity index (χ4n) is 4.17. The number of aliphatic carboxylic acids is 1. The Morgan fingerprint density at radius 1 is 1.26 bits per heavy atom. The summed E-state index contributed by atoms with van der Waals surface area (Å²) in [6.45, 7) is 10.6. The Balaban J connectivity index is 2.41. The lowest BCUT2D eigenvalue weighted by Crippen LogP contribution is -2.36. The van der Waals surface area contributed by atoms with Gasteiger partial charge in [-0.3, -0.25) is 14.4 Å². The molecule has 7 nitrogen and oxygen atoms in total. The zero-order valence-electron chi connectivity index (χ0n) is 18.9. The highest BCUT2D eigenvalue weighted by molar-refractivity contribution is 6.07. The molecular formula is C24H30O7. The first kappa shape index (κ1) is 22.8. The Kier molecular flexibility index (Phi) is 6.16. The molecule has 2 aliphatic heterocycles. The predicted octanol–water partition coefficient (Wildman–Crippen LogP) is 4.75. The fraction of sp³-hybridized carbons (Fsp3) is 0.542. The summed E-state index contributed by atoms with van der Waals surface area (Å²) < 4.78 is 18.0. The Bertz CT molecular complexity index is 957. The standard InChI is InChI=1S/C24H30O7/c1-7-8-15(11-17(26)27)18-22-16(9-10-24(5,6)31-22)21(30-14(4)25)19-20(28)12(2)13(3)29-23(18)19/h9-10,12-13,15H,7-8,11H2,1-6H3,(H,26,27)/t12-,13-,15+/m0/s1. The lowest BCUT2D eigenvalue weighted by Gasteiger charge is -2.37. The van der Waals surface area contributed by atoms with Gasteiger partial charge in [0.1, 0.15) is 28.8 Å². The van der Waals surface area contributed by atoms with Gasteiger partial charge in [-0.15, -0.1) is 0 Å². The molecule has 0 unspecified atom stereocenters. The van der Waals surface area contributed by atoms with Crippen molar-refractivity contribution >= 4 is 23.8 Å². The number of hydrogen-bond acceptors (Lipinski definition) is 6. The number of carbonyl (C=O) groups excluding carboxylic acids is 2. The molecule has 0 saturated carbocycles. The third-order valence-electron chi connectivity index (χ3n) is 5.83. The van der Waals surface area contributed by atoms with Crippen molar-refractivity contribution in [1.29, 1.82) is 0 Å². The van der Waals surface area contributed by atoms with Crippen LogP contribution in [-0.4, -0.2) is 34.5 Å². The Labute approximate surface area is 182 Å². The minimum absolute atomic E-state index is 0.113. The van der Waals surface area contributed by atoms with Crippen molar-refractivity contribution in [1.82, 2.24) is 0 Å². The number of rotatable bonds is 6. The van der Waals surface area contributed by atoms with E-state index in [0.717, 1.165) is 6.42 Å². The quantitative estimate of drug-likeness (QED) is 0.513. The van der Waals surface area contributed by atoms with Gasteiger partial charge in [-0.25, -0.2) is 0 Å². The summed E-state index contributed by atoms with van der Waals surface area (Å²) >= 11 is 0. The summed E-state index contributed by atoms with van der Waals surface area (Å²) in [6.07, 6.45) is 4.38. The van der Waals surface area contributed by atoms with Gasteiger partial charge in [0.25, 0.3) is 0 Å². The van der Waals surface area contributed by atoms with E-state index in [4.69, 9.17) is 14.2 Å². The average molecular weight is 430 g/mol. The first-order valence-corrected chi connectivity index (χ1v) is 10.7. The van der Waals surface area contributed by atoms with Crippen LogP contribution in [0.25, 0.3) is 6.08 Å². The van der Waals surface area contributed by atoms with Crippen molar-refractivity contribution in [2.45, 2.75) is 78.4 Å². The van der Waals surface area contributed by atoms with Gasteiger partial charge in [-0.05, 0) is 39.3 Å². The molecule has 0 aliphatic carbocycles. The summed E-state index contributed by atoms with van der Waals surface area (Å²) in [5, 5.41) is 9.57. The summed E-state index contributed by atoms with van der Waals surface area (Å²) in [6, 6.07) is 0. The van der Waals surface area contributed by atoms with Gasteiger partial charge in [-0.2, -0.15) is 0 Å². The first-order valence-electron chi connectivity index (χ1n) is 10.7. The third kappa shape index (κ3) is 4.31. The average Bonchev–Trinajstić information content (AvgIpc) is 2.64. The molecule has 0 radical (unpaired) electrons. The number of carbonyl (C=O) groups is 3. The molecular weight excluding hydrogens is 400 g/mol. The van der Waals surface area contributed by atoms with E-state index < -0.39 is 35.5 Å². The second-order valence-electron chi connectivity index (χ2n) is 8.88. The van der Waals surface area contributed by atoms with Crippen molar-refractivity contribution in [2.24, 2.45) is 5.92 Å². The number of benzene rings is 1. The van der Waals surface area contributed by atoms with Crippen molar-refractivity contribution in [3.05, 3.63) is 22.8 Å². The molecule has 0 spiro atoms. The molecule has 1 aromatic rings. The molecule has 0 amide bonds. The molecule has 31 heavy (non-hydrogen) atoms. The molecule has 1 aromatic carbocycles. The van der Waals surface area contributed by atoms with E-state index in [0.29, 0.717) is 23.3 Å². The van der Waals surface area contributed by atoms with E-state index in [1.807, 2.05) is 26.8 Å². The molecule has 168 valence electrons. The maximum atomic E-state index is 13.3. The molecule has 3 rings (SSSR count). The Morgan fingerprint density at radius 3 is 2.52 bits per heavy atom. The van der Waals surface area contributed by atoms with Gasteiger partial charge >= 0.3 is 11.9 Å². The van der Waals surface area contributed by atoms with Crippen molar-refractivity contribution in [2.75, 3.05) is 0 Å². The zero-order valence-corrected chi connectivity index (χ0v) is 18.9. The molecule has 2 heterocycles. The molecule has 1 N–H and O–H groups in total. The van der Waals surface area contributed by atoms with Crippen LogP contribution in [0.5, 0.6) is 17.2 Å². The van der Waals surface area contributed by atoms with Crippen molar-refractivity contribution < 1.29 is 33.7 Å². The second-order valence-corrected chi connectivity index (χ2v) is 8.88. The minimum atomic E-state index is -0.945. The van der Waals surface area contributed by atoms with Gasteiger partial charge in [0.2, 0.25) is 0 Å². The largest absolute Gasteiger partial charge is 0.489 e. The van der Waals surface area contributed by atoms with E-state index in [1.165, 1.54) is 6.92 Å². The minimum Gasteiger partial charge on any atom is -0.489 e. The first-order chi connectivity index (χ1) is 14.5. The zero-order chi connectivity index (χ0) is 23.1. The highest BCUT2D eigenvalue weighted by Gasteiger charge is 2.42. The fourth-order valence-corrected chi connectivity index (χ4v) is 4.17. The van der Waals surface area contributed by atoms with Gasteiger partial charge in [0, 0.05) is 18.4 Å². The molecule has 7 heteroatoms. The van der Waals surface area contributed by atoms with Crippen LogP contribution >= 0.6 is 0 Å². The highest BCUT2D eigenvalue weighted by atomic mass is 16.5. The van der Waals surface area contributed by atoms with Crippen LogP contribution in [0.2, 0.25) is 0 Å². The maximum Gasteiger partial charge on any atom is 0.308 e. The Morgan fingerprint density at radius 2 is 1.94 bits per heavy atom.